The van der Waals surface area contributed by atoms with Crippen molar-refractivity contribution in [2.45, 2.75) is 25.3 Å². The van der Waals surface area contributed by atoms with Crippen LogP contribution in [0.25, 0.3) is 11.1 Å². The lowest BCUT2D eigenvalue weighted by Gasteiger charge is -2.25. The molecule has 0 saturated carbocycles. The maximum absolute atomic E-state index is 13.0. The third kappa shape index (κ3) is 4.43. The number of hydrogen-bond acceptors (Lipinski definition) is 5. The smallest absolute Gasteiger partial charge is 0.407 e. The fourth-order valence-electron chi connectivity index (χ4n) is 4.67. The second kappa shape index (κ2) is 9.23. The first-order valence-corrected chi connectivity index (χ1v) is 11.0. The molecule has 8 heteroatoms. The van der Waals surface area contributed by atoms with E-state index in [1.54, 1.807) is 6.92 Å². The number of ether oxygens (including phenoxy) is 2. The van der Waals surface area contributed by atoms with Gasteiger partial charge >= 0.3 is 12.1 Å². The SMILES string of the molecule is COCC(NC(=O)OCC1c2ccccc2-c2ccccc21)C(=O)N1CCC(C)(C(=O)O)C1. The first-order chi connectivity index (χ1) is 15.8. The van der Waals surface area contributed by atoms with Gasteiger partial charge < -0.3 is 24.8 Å². The highest BCUT2D eigenvalue weighted by molar-refractivity contribution is 5.87. The number of alkyl carbamates (subject to hydrolysis) is 1. The van der Waals surface area contributed by atoms with E-state index in [0.29, 0.717) is 13.0 Å². The molecule has 0 aromatic heterocycles. The quantitative estimate of drug-likeness (QED) is 0.669. The van der Waals surface area contributed by atoms with Crippen LogP contribution in [-0.4, -0.2) is 67.4 Å². The average Bonchev–Trinajstić information content (AvgIpc) is 3.36. The molecule has 0 bridgehead atoms. The second-order valence-corrected chi connectivity index (χ2v) is 8.85. The van der Waals surface area contributed by atoms with Crippen molar-refractivity contribution in [2.24, 2.45) is 5.41 Å². The Hall–Kier alpha value is -3.39. The third-order valence-corrected chi connectivity index (χ3v) is 6.57. The van der Waals surface area contributed by atoms with E-state index in [1.807, 2.05) is 36.4 Å². The molecular formula is C25H28N2O6. The molecule has 2 N–H and O–H groups in total. The van der Waals surface area contributed by atoms with Crippen LogP contribution in [0, 0.1) is 5.41 Å². The van der Waals surface area contributed by atoms with Gasteiger partial charge in [-0.25, -0.2) is 4.79 Å². The van der Waals surface area contributed by atoms with Crippen LogP contribution < -0.4 is 5.32 Å². The number of carbonyl (C=O) groups is 3. The van der Waals surface area contributed by atoms with Gasteiger partial charge in [-0.2, -0.15) is 0 Å². The summed E-state index contributed by atoms with van der Waals surface area (Å²) in [7, 11) is 1.44. The lowest BCUT2D eigenvalue weighted by atomic mass is 9.90. The molecule has 174 valence electrons. The van der Waals surface area contributed by atoms with E-state index in [0.717, 1.165) is 22.3 Å². The molecule has 2 aromatic carbocycles. The molecule has 4 rings (SSSR count). The van der Waals surface area contributed by atoms with Gasteiger partial charge in [0.25, 0.3) is 0 Å². The van der Waals surface area contributed by atoms with Crippen LogP contribution in [0.2, 0.25) is 0 Å². The Kier molecular flexibility index (Phi) is 6.37. The molecule has 2 unspecified atom stereocenters. The molecule has 8 nitrogen and oxygen atoms in total. The van der Waals surface area contributed by atoms with E-state index in [2.05, 4.69) is 17.4 Å². The number of methoxy groups -OCH3 is 1. The molecule has 1 fully saturated rings. The summed E-state index contributed by atoms with van der Waals surface area (Å²) in [5.74, 6) is -1.41. The van der Waals surface area contributed by atoms with Gasteiger partial charge in [-0.05, 0) is 35.6 Å². The normalized spacial score (nSPS) is 20.1. The monoisotopic (exact) mass is 452 g/mol. The zero-order chi connectivity index (χ0) is 23.6. The summed E-state index contributed by atoms with van der Waals surface area (Å²) in [5, 5.41) is 12.0. The minimum atomic E-state index is -0.989. The molecule has 2 aliphatic rings. The van der Waals surface area contributed by atoms with E-state index in [-0.39, 0.29) is 31.6 Å². The number of carbonyl (C=O) groups excluding carboxylic acids is 2. The molecule has 2 atom stereocenters. The van der Waals surface area contributed by atoms with Crippen molar-refractivity contribution >= 4 is 18.0 Å². The fraction of sp³-hybridized carbons (Fsp3) is 0.400. The van der Waals surface area contributed by atoms with Crippen molar-refractivity contribution in [1.29, 1.82) is 0 Å². The summed E-state index contributed by atoms with van der Waals surface area (Å²) in [6, 6.07) is 15.1. The lowest BCUT2D eigenvalue weighted by Crippen LogP contribution is -2.51. The first kappa shape index (κ1) is 22.8. The van der Waals surface area contributed by atoms with Crippen molar-refractivity contribution in [3.05, 3.63) is 59.7 Å². The Bertz CT molecular complexity index is 1020. The topological polar surface area (TPSA) is 105 Å². The van der Waals surface area contributed by atoms with Crippen LogP contribution in [0.3, 0.4) is 0 Å². The average molecular weight is 453 g/mol. The number of benzene rings is 2. The number of hydrogen-bond donors (Lipinski definition) is 2. The van der Waals surface area contributed by atoms with Gasteiger partial charge in [0.2, 0.25) is 5.91 Å². The molecule has 1 heterocycles. The Labute approximate surface area is 192 Å². The van der Waals surface area contributed by atoms with Gasteiger partial charge in [0.1, 0.15) is 12.6 Å². The van der Waals surface area contributed by atoms with E-state index in [9.17, 15) is 19.5 Å². The maximum atomic E-state index is 13.0. The summed E-state index contributed by atoms with van der Waals surface area (Å²) in [6.45, 7) is 2.12. The summed E-state index contributed by atoms with van der Waals surface area (Å²) in [6.07, 6.45) is -0.355. The summed E-state index contributed by atoms with van der Waals surface area (Å²) in [5.41, 5.74) is 3.47. The highest BCUT2D eigenvalue weighted by atomic mass is 16.5. The van der Waals surface area contributed by atoms with Gasteiger partial charge in [0, 0.05) is 26.1 Å². The maximum Gasteiger partial charge on any atom is 0.407 e. The molecule has 0 spiro atoms. The van der Waals surface area contributed by atoms with Crippen LogP contribution in [-0.2, 0) is 19.1 Å². The minimum Gasteiger partial charge on any atom is -0.481 e. The summed E-state index contributed by atoms with van der Waals surface area (Å²) in [4.78, 5) is 38.5. The standard InChI is InChI=1S/C25H28N2O6/c1-25(23(29)30)11-12-27(15-25)22(28)21(14-32-2)26-24(31)33-13-20-18-9-5-3-7-16(18)17-8-4-6-10-19(17)20/h3-10,20-21H,11-15H2,1-2H3,(H,26,31)(H,29,30). The first-order valence-electron chi connectivity index (χ1n) is 11.0. The number of nitrogens with zero attached hydrogens (tertiary/aromatic N) is 1. The number of rotatable bonds is 7. The molecule has 1 aliphatic heterocycles. The van der Waals surface area contributed by atoms with Gasteiger partial charge in [0.15, 0.2) is 0 Å². The Morgan fingerprint density at radius 2 is 1.73 bits per heavy atom. The van der Waals surface area contributed by atoms with Crippen molar-refractivity contribution in [3.8, 4) is 11.1 Å². The van der Waals surface area contributed by atoms with E-state index >= 15 is 0 Å². The predicted octanol–water partition coefficient (Wildman–Crippen LogP) is 2.86. The molecule has 1 saturated heterocycles. The summed E-state index contributed by atoms with van der Waals surface area (Å²) < 4.78 is 10.7. The Balaban J connectivity index is 1.40. The van der Waals surface area contributed by atoms with Crippen LogP contribution in [0.4, 0.5) is 4.79 Å². The number of carboxylic acid groups (broad SMARTS) is 1. The molecule has 0 radical (unpaired) electrons. The number of likely N-dealkylation sites (tertiary alicyclic amines) is 1. The van der Waals surface area contributed by atoms with Crippen molar-refractivity contribution < 1.29 is 29.0 Å². The third-order valence-electron chi connectivity index (χ3n) is 6.57. The number of fused-ring (bicyclic) bond motifs is 3. The van der Waals surface area contributed by atoms with Gasteiger partial charge in [0.05, 0.1) is 12.0 Å². The highest BCUT2D eigenvalue weighted by Gasteiger charge is 2.43. The zero-order valence-electron chi connectivity index (χ0n) is 18.7. The molecule has 33 heavy (non-hydrogen) atoms. The van der Waals surface area contributed by atoms with Crippen LogP contribution in [0.1, 0.15) is 30.4 Å². The van der Waals surface area contributed by atoms with Gasteiger partial charge in [-0.1, -0.05) is 48.5 Å². The largest absolute Gasteiger partial charge is 0.481 e. The highest BCUT2D eigenvalue weighted by Crippen LogP contribution is 2.44. The number of amides is 2. The van der Waals surface area contributed by atoms with Gasteiger partial charge in [-0.3, -0.25) is 9.59 Å². The van der Waals surface area contributed by atoms with Crippen LogP contribution in [0.5, 0.6) is 0 Å². The predicted molar refractivity (Wildman–Crippen MR) is 121 cm³/mol. The number of carboxylic acids is 1. The fourth-order valence-corrected chi connectivity index (χ4v) is 4.67. The minimum absolute atomic E-state index is 0.0384. The number of aliphatic carboxylic acids is 1. The molecule has 2 aromatic rings. The van der Waals surface area contributed by atoms with Crippen molar-refractivity contribution in [2.75, 3.05) is 33.4 Å². The van der Waals surface area contributed by atoms with E-state index in [4.69, 9.17) is 9.47 Å². The van der Waals surface area contributed by atoms with Crippen LogP contribution >= 0.6 is 0 Å². The lowest BCUT2D eigenvalue weighted by molar-refractivity contribution is -0.147. The Morgan fingerprint density at radius 1 is 1.12 bits per heavy atom. The van der Waals surface area contributed by atoms with E-state index < -0.39 is 23.5 Å². The molecular weight excluding hydrogens is 424 g/mol. The van der Waals surface area contributed by atoms with Crippen molar-refractivity contribution in [1.82, 2.24) is 10.2 Å². The second-order valence-electron chi connectivity index (χ2n) is 8.85. The van der Waals surface area contributed by atoms with Gasteiger partial charge in [-0.15, -0.1) is 0 Å². The van der Waals surface area contributed by atoms with Crippen molar-refractivity contribution in [3.63, 3.8) is 0 Å². The summed E-state index contributed by atoms with van der Waals surface area (Å²) >= 11 is 0. The van der Waals surface area contributed by atoms with Crippen LogP contribution in [0.15, 0.2) is 48.5 Å². The molecule has 1 aliphatic carbocycles. The molecule has 2 amide bonds. The van der Waals surface area contributed by atoms with E-state index in [1.165, 1.54) is 12.0 Å². The number of nitrogens with one attached hydrogen (secondary N) is 1. The zero-order valence-corrected chi connectivity index (χ0v) is 18.7. The Morgan fingerprint density at radius 3 is 2.27 bits per heavy atom.